The summed E-state index contributed by atoms with van der Waals surface area (Å²) in [6, 6.07) is 17.8. The SMILES string of the molecule is CN1CCN(C(=O)C[C@H]2CN(C(=O)Cc3c[nH]c4ccccc34)CC[C@@H]2Oc2ccccc2)CC1. The van der Waals surface area contributed by atoms with Crippen LogP contribution in [0.5, 0.6) is 5.75 Å². The van der Waals surface area contributed by atoms with E-state index in [4.69, 9.17) is 4.74 Å². The van der Waals surface area contributed by atoms with Crippen molar-refractivity contribution in [1.82, 2.24) is 19.7 Å². The minimum atomic E-state index is -0.0917. The molecule has 7 nitrogen and oxygen atoms in total. The van der Waals surface area contributed by atoms with E-state index in [1.54, 1.807) is 0 Å². The number of amides is 2. The van der Waals surface area contributed by atoms with Crippen LogP contribution in [0.25, 0.3) is 10.9 Å². The summed E-state index contributed by atoms with van der Waals surface area (Å²) >= 11 is 0. The molecule has 35 heavy (non-hydrogen) atoms. The molecule has 1 aromatic heterocycles. The molecule has 0 spiro atoms. The Bertz CT molecular complexity index is 1150. The highest BCUT2D eigenvalue weighted by atomic mass is 16.5. The van der Waals surface area contributed by atoms with Gasteiger partial charge >= 0.3 is 0 Å². The quantitative estimate of drug-likeness (QED) is 0.596. The van der Waals surface area contributed by atoms with Crippen LogP contribution in [0.4, 0.5) is 0 Å². The maximum Gasteiger partial charge on any atom is 0.227 e. The molecule has 7 heteroatoms. The van der Waals surface area contributed by atoms with Crippen LogP contribution in [0.15, 0.2) is 60.8 Å². The van der Waals surface area contributed by atoms with Gasteiger partial charge in [0.1, 0.15) is 11.9 Å². The number of aromatic amines is 1. The Kier molecular flexibility index (Phi) is 7.04. The lowest BCUT2D eigenvalue weighted by molar-refractivity contribution is -0.139. The predicted octanol–water partition coefficient (Wildman–Crippen LogP) is 3.17. The molecular weight excluding hydrogens is 440 g/mol. The monoisotopic (exact) mass is 474 g/mol. The number of piperidine rings is 1. The number of likely N-dealkylation sites (N-methyl/N-ethyl adjacent to an activating group) is 1. The van der Waals surface area contributed by atoms with E-state index in [9.17, 15) is 9.59 Å². The Hall–Kier alpha value is -3.32. The highest BCUT2D eigenvalue weighted by molar-refractivity contribution is 5.89. The van der Waals surface area contributed by atoms with Gasteiger partial charge in [-0.15, -0.1) is 0 Å². The fraction of sp³-hybridized carbons (Fsp3) is 0.429. The minimum Gasteiger partial charge on any atom is -0.490 e. The minimum absolute atomic E-state index is 0.0389. The number of H-pyrrole nitrogens is 1. The fourth-order valence-electron chi connectivity index (χ4n) is 5.22. The lowest BCUT2D eigenvalue weighted by atomic mass is 9.90. The number of ether oxygens (including phenoxy) is 1. The van der Waals surface area contributed by atoms with Gasteiger partial charge in [-0.1, -0.05) is 36.4 Å². The molecule has 0 radical (unpaired) electrons. The van der Waals surface area contributed by atoms with Crippen molar-refractivity contribution in [1.29, 1.82) is 0 Å². The molecule has 2 amide bonds. The number of para-hydroxylation sites is 2. The van der Waals surface area contributed by atoms with Gasteiger partial charge in [0, 0.05) is 75.1 Å². The normalized spacial score (nSPS) is 21.3. The third kappa shape index (κ3) is 5.51. The van der Waals surface area contributed by atoms with E-state index in [0.717, 1.165) is 54.8 Å². The number of hydrogen-bond donors (Lipinski definition) is 1. The van der Waals surface area contributed by atoms with Crippen molar-refractivity contribution < 1.29 is 14.3 Å². The van der Waals surface area contributed by atoms with Crippen molar-refractivity contribution in [3.63, 3.8) is 0 Å². The molecule has 1 N–H and O–H groups in total. The first-order valence-electron chi connectivity index (χ1n) is 12.6. The average Bonchev–Trinajstić information content (AvgIpc) is 3.29. The zero-order chi connectivity index (χ0) is 24.2. The number of nitrogens with zero attached hydrogens (tertiary/aromatic N) is 3. The summed E-state index contributed by atoms with van der Waals surface area (Å²) in [4.78, 5) is 35.9. The van der Waals surface area contributed by atoms with Crippen LogP contribution in [-0.4, -0.2) is 83.9 Å². The van der Waals surface area contributed by atoms with Crippen molar-refractivity contribution >= 4 is 22.7 Å². The second-order valence-corrected chi connectivity index (χ2v) is 9.78. The fourth-order valence-corrected chi connectivity index (χ4v) is 5.22. The molecule has 2 saturated heterocycles. The number of aromatic nitrogens is 1. The number of carbonyl (C=O) groups is 2. The molecule has 2 aromatic carbocycles. The van der Waals surface area contributed by atoms with Gasteiger partial charge in [-0.2, -0.15) is 0 Å². The maximum atomic E-state index is 13.3. The summed E-state index contributed by atoms with van der Waals surface area (Å²) in [6.45, 7) is 4.49. The molecule has 2 atom stereocenters. The summed E-state index contributed by atoms with van der Waals surface area (Å²) in [5, 5.41) is 1.09. The zero-order valence-corrected chi connectivity index (χ0v) is 20.4. The Labute approximate surface area is 206 Å². The third-order valence-corrected chi connectivity index (χ3v) is 7.36. The largest absolute Gasteiger partial charge is 0.490 e. The number of fused-ring (bicyclic) bond motifs is 1. The van der Waals surface area contributed by atoms with Crippen molar-refractivity contribution in [3.05, 3.63) is 66.4 Å². The predicted molar refractivity (Wildman–Crippen MR) is 136 cm³/mol. The Morgan fingerprint density at radius 2 is 1.66 bits per heavy atom. The number of rotatable bonds is 6. The lowest BCUT2D eigenvalue weighted by Crippen LogP contribution is -2.51. The smallest absolute Gasteiger partial charge is 0.227 e. The van der Waals surface area contributed by atoms with Gasteiger partial charge in [0.25, 0.3) is 0 Å². The van der Waals surface area contributed by atoms with Gasteiger partial charge in [-0.05, 0) is 30.8 Å². The molecule has 0 saturated carbocycles. The van der Waals surface area contributed by atoms with Gasteiger partial charge < -0.3 is 24.4 Å². The van der Waals surface area contributed by atoms with Crippen LogP contribution >= 0.6 is 0 Å². The molecular formula is C28H34N4O3. The van der Waals surface area contributed by atoms with E-state index in [-0.39, 0.29) is 23.8 Å². The summed E-state index contributed by atoms with van der Waals surface area (Å²) < 4.78 is 6.34. The van der Waals surface area contributed by atoms with Crippen LogP contribution in [0.2, 0.25) is 0 Å². The van der Waals surface area contributed by atoms with Crippen LogP contribution in [0, 0.1) is 5.92 Å². The van der Waals surface area contributed by atoms with Gasteiger partial charge in [-0.3, -0.25) is 9.59 Å². The first-order valence-corrected chi connectivity index (χ1v) is 12.6. The van der Waals surface area contributed by atoms with Crippen LogP contribution in [0.3, 0.4) is 0 Å². The van der Waals surface area contributed by atoms with E-state index in [2.05, 4.69) is 16.9 Å². The number of carbonyl (C=O) groups excluding carboxylic acids is 2. The van der Waals surface area contributed by atoms with Gasteiger partial charge in [0.15, 0.2) is 0 Å². The van der Waals surface area contributed by atoms with E-state index < -0.39 is 0 Å². The molecule has 0 aliphatic carbocycles. The van der Waals surface area contributed by atoms with Crippen LogP contribution in [0.1, 0.15) is 18.4 Å². The summed E-state index contributed by atoms with van der Waals surface area (Å²) in [5.41, 5.74) is 2.05. The van der Waals surface area contributed by atoms with E-state index in [0.29, 0.717) is 25.9 Å². The summed E-state index contributed by atoms with van der Waals surface area (Å²) in [7, 11) is 2.09. The molecule has 0 unspecified atom stereocenters. The standard InChI is InChI=1S/C28H34N4O3/c1-30-13-15-31(16-14-30)27(33)18-22-20-32(12-11-26(22)35-23-7-3-2-4-8-23)28(34)17-21-19-29-25-10-6-5-9-24(21)25/h2-10,19,22,26,29H,11-18,20H2,1H3/t22-,26-/m0/s1. The molecule has 0 bridgehead atoms. The number of nitrogens with one attached hydrogen (secondary N) is 1. The van der Waals surface area contributed by atoms with Crippen LogP contribution < -0.4 is 4.74 Å². The topological polar surface area (TPSA) is 68.9 Å². The molecule has 3 aromatic rings. The molecule has 3 heterocycles. The highest BCUT2D eigenvalue weighted by Gasteiger charge is 2.35. The second kappa shape index (κ2) is 10.5. The maximum absolute atomic E-state index is 13.3. The summed E-state index contributed by atoms with van der Waals surface area (Å²) in [5.74, 6) is 1.04. The zero-order valence-electron chi connectivity index (χ0n) is 20.4. The molecule has 5 rings (SSSR count). The first kappa shape index (κ1) is 23.4. The number of hydrogen-bond acceptors (Lipinski definition) is 4. The lowest BCUT2D eigenvalue weighted by Gasteiger charge is -2.40. The van der Waals surface area contributed by atoms with E-state index in [1.165, 1.54) is 0 Å². The number of benzene rings is 2. The summed E-state index contributed by atoms with van der Waals surface area (Å²) in [6.07, 6.45) is 3.31. The van der Waals surface area contributed by atoms with E-state index >= 15 is 0 Å². The molecule has 184 valence electrons. The Morgan fingerprint density at radius 3 is 2.46 bits per heavy atom. The molecule has 2 aliphatic heterocycles. The average molecular weight is 475 g/mol. The van der Waals surface area contributed by atoms with Crippen LogP contribution in [-0.2, 0) is 16.0 Å². The molecule has 2 aliphatic rings. The second-order valence-electron chi connectivity index (χ2n) is 9.78. The van der Waals surface area contributed by atoms with Crippen molar-refractivity contribution in [2.75, 3.05) is 46.3 Å². The van der Waals surface area contributed by atoms with Crippen molar-refractivity contribution in [2.45, 2.75) is 25.4 Å². The Morgan fingerprint density at radius 1 is 0.914 bits per heavy atom. The van der Waals surface area contributed by atoms with Gasteiger partial charge in [0.05, 0.1) is 6.42 Å². The third-order valence-electron chi connectivity index (χ3n) is 7.36. The first-order chi connectivity index (χ1) is 17.1. The highest BCUT2D eigenvalue weighted by Crippen LogP contribution is 2.28. The molecule has 2 fully saturated rings. The Balaban J connectivity index is 1.28. The van der Waals surface area contributed by atoms with Gasteiger partial charge in [0.2, 0.25) is 11.8 Å². The van der Waals surface area contributed by atoms with Gasteiger partial charge in [-0.25, -0.2) is 0 Å². The van der Waals surface area contributed by atoms with Crippen molar-refractivity contribution in [2.24, 2.45) is 5.92 Å². The number of piperazine rings is 1. The van der Waals surface area contributed by atoms with E-state index in [1.807, 2.05) is 70.6 Å². The number of likely N-dealkylation sites (tertiary alicyclic amines) is 1. The van der Waals surface area contributed by atoms with Crippen molar-refractivity contribution in [3.8, 4) is 5.75 Å².